The fourth-order valence-electron chi connectivity index (χ4n) is 1.90. The van der Waals surface area contributed by atoms with Crippen LogP contribution in [0.1, 0.15) is 13.8 Å². The van der Waals surface area contributed by atoms with Crippen LogP contribution in [0.2, 0.25) is 0 Å². The number of fused-ring (bicyclic) bond motifs is 1. The van der Waals surface area contributed by atoms with Crippen LogP contribution in [-0.2, 0) is 0 Å². The number of aromatic nitrogens is 2. The average molecular weight is 269 g/mol. The predicted molar refractivity (Wildman–Crippen MR) is 82.9 cm³/mol. The molecule has 0 radical (unpaired) electrons. The molecule has 3 aromatic rings. The van der Waals surface area contributed by atoms with Crippen molar-refractivity contribution in [2.75, 3.05) is 12.8 Å². The largest absolute Gasteiger partial charge is 0.497 e. The second kappa shape index (κ2) is 6.10. The fourth-order valence-corrected chi connectivity index (χ4v) is 1.90. The molecule has 1 aromatic carbocycles. The molecular weight excluding hydrogens is 250 g/mol. The highest BCUT2D eigenvalue weighted by Crippen LogP contribution is 2.22. The van der Waals surface area contributed by atoms with E-state index in [1.807, 2.05) is 67.0 Å². The van der Waals surface area contributed by atoms with Crippen LogP contribution in [0, 0.1) is 0 Å². The third-order valence-corrected chi connectivity index (χ3v) is 2.87. The molecule has 20 heavy (non-hydrogen) atoms. The lowest BCUT2D eigenvalue weighted by atomic mass is 10.2. The van der Waals surface area contributed by atoms with Crippen LogP contribution in [0.25, 0.3) is 16.9 Å². The Balaban J connectivity index is 0.000000704. The third-order valence-electron chi connectivity index (χ3n) is 2.87. The van der Waals surface area contributed by atoms with Crippen molar-refractivity contribution in [3.8, 4) is 17.0 Å². The molecule has 0 unspecified atom stereocenters. The SMILES string of the molecule is CC.COc1ccc(-c2cn3ccc(N)cc3n2)cc1. The number of anilines is 1. The first kappa shape index (κ1) is 13.9. The molecule has 104 valence electrons. The minimum Gasteiger partial charge on any atom is -0.497 e. The van der Waals surface area contributed by atoms with Gasteiger partial charge < -0.3 is 14.9 Å². The summed E-state index contributed by atoms with van der Waals surface area (Å²) < 4.78 is 7.09. The molecule has 0 spiro atoms. The van der Waals surface area contributed by atoms with Gasteiger partial charge in [-0.3, -0.25) is 0 Å². The summed E-state index contributed by atoms with van der Waals surface area (Å²) in [6.07, 6.45) is 3.89. The Labute approximate surface area is 118 Å². The zero-order valence-corrected chi connectivity index (χ0v) is 12.0. The number of methoxy groups -OCH3 is 1. The van der Waals surface area contributed by atoms with Gasteiger partial charge in [-0.25, -0.2) is 4.98 Å². The van der Waals surface area contributed by atoms with Gasteiger partial charge in [0.1, 0.15) is 11.4 Å². The van der Waals surface area contributed by atoms with Gasteiger partial charge in [0, 0.05) is 29.7 Å². The van der Waals surface area contributed by atoms with Crippen LogP contribution in [0.5, 0.6) is 5.75 Å². The molecule has 0 atom stereocenters. The van der Waals surface area contributed by atoms with E-state index in [1.165, 1.54) is 0 Å². The molecule has 4 nitrogen and oxygen atoms in total. The van der Waals surface area contributed by atoms with Gasteiger partial charge >= 0.3 is 0 Å². The average Bonchev–Trinajstić information content (AvgIpc) is 2.92. The van der Waals surface area contributed by atoms with Crippen LogP contribution in [0.4, 0.5) is 5.69 Å². The summed E-state index contributed by atoms with van der Waals surface area (Å²) in [5.74, 6) is 0.840. The van der Waals surface area contributed by atoms with Crippen molar-refractivity contribution in [1.82, 2.24) is 9.38 Å². The molecule has 2 heterocycles. The number of nitrogen functional groups attached to an aromatic ring is 1. The van der Waals surface area contributed by atoms with Gasteiger partial charge in [-0.2, -0.15) is 0 Å². The lowest BCUT2D eigenvalue weighted by molar-refractivity contribution is 0.415. The van der Waals surface area contributed by atoms with E-state index in [2.05, 4.69) is 4.98 Å². The first-order valence-electron chi connectivity index (χ1n) is 6.65. The Morgan fingerprint density at radius 1 is 1.10 bits per heavy atom. The Morgan fingerprint density at radius 3 is 2.45 bits per heavy atom. The smallest absolute Gasteiger partial charge is 0.139 e. The van der Waals surface area contributed by atoms with E-state index in [-0.39, 0.29) is 0 Å². The molecular formula is C16H19N3O. The number of nitrogens with two attached hydrogens (primary N) is 1. The maximum Gasteiger partial charge on any atom is 0.139 e. The zero-order chi connectivity index (χ0) is 14.5. The number of hydrogen-bond donors (Lipinski definition) is 1. The predicted octanol–water partition coefficient (Wildman–Crippen LogP) is 3.62. The number of imidazole rings is 1. The Bertz CT molecular complexity index is 687. The van der Waals surface area contributed by atoms with Crippen molar-refractivity contribution < 1.29 is 4.74 Å². The van der Waals surface area contributed by atoms with E-state index in [4.69, 9.17) is 10.5 Å². The molecule has 0 aliphatic heterocycles. The topological polar surface area (TPSA) is 52.5 Å². The Morgan fingerprint density at radius 2 is 1.80 bits per heavy atom. The second-order valence-corrected chi connectivity index (χ2v) is 4.08. The summed E-state index contributed by atoms with van der Waals surface area (Å²) in [4.78, 5) is 4.54. The number of pyridine rings is 1. The summed E-state index contributed by atoms with van der Waals surface area (Å²) in [7, 11) is 1.66. The van der Waals surface area contributed by atoms with E-state index >= 15 is 0 Å². The van der Waals surface area contributed by atoms with E-state index in [9.17, 15) is 0 Å². The lowest BCUT2D eigenvalue weighted by Gasteiger charge is -1.99. The standard InChI is InChI=1S/C14H13N3O.C2H6/c1-18-12-4-2-10(3-5-12)13-9-17-7-6-11(15)8-14(17)16-13;1-2/h2-9H,15H2,1H3;1-2H3. The normalized spacial score (nSPS) is 9.95. The molecule has 0 saturated carbocycles. The van der Waals surface area contributed by atoms with Gasteiger partial charge in [0.05, 0.1) is 12.8 Å². The molecule has 0 fully saturated rings. The van der Waals surface area contributed by atoms with E-state index in [0.717, 1.165) is 28.3 Å². The van der Waals surface area contributed by atoms with E-state index < -0.39 is 0 Å². The quantitative estimate of drug-likeness (QED) is 0.773. The molecule has 2 aromatic heterocycles. The number of rotatable bonds is 2. The van der Waals surface area contributed by atoms with Crippen molar-refractivity contribution in [2.24, 2.45) is 0 Å². The van der Waals surface area contributed by atoms with Crippen LogP contribution in [-0.4, -0.2) is 16.5 Å². The van der Waals surface area contributed by atoms with Gasteiger partial charge in [0.2, 0.25) is 0 Å². The number of benzene rings is 1. The maximum atomic E-state index is 5.74. The third kappa shape index (κ3) is 2.74. The summed E-state index contributed by atoms with van der Waals surface area (Å²) in [6.45, 7) is 4.00. The highest BCUT2D eigenvalue weighted by molar-refractivity contribution is 5.65. The molecule has 4 heteroatoms. The number of hydrogen-bond acceptors (Lipinski definition) is 3. The first-order chi connectivity index (χ1) is 9.76. The van der Waals surface area contributed by atoms with Crippen molar-refractivity contribution in [2.45, 2.75) is 13.8 Å². The monoisotopic (exact) mass is 269 g/mol. The highest BCUT2D eigenvalue weighted by atomic mass is 16.5. The number of nitrogens with zero attached hydrogens (tertiary/aromatic N) is 2. The molecule has 0 aliphatic rings. The van der Waals surface area contributed by atoms with Crippen LogP contribution < -0.4 is 10.5 Å². The summed E-state index contributed by atoms with van der Waals surface area (Å²) >= 11 is 0. The molecule has 2 N–H and O–H groups in total. The zero-order valence-electron chi connectivity index (χ0n) is 12.0. The van der Waals surface area contributed by atoms with Crippen molar-refractivity contribution in [3.63, 3.8) is 0 Å². The molecule has 0 saturated heterocycles. The summed E-state index contributed by atoms with van der Waals surface area (Å²) in [6, 6.07) is 11.5. The lowest BCUT2D eigenvalue weighted by Crippen LogP contribution is -1.87. The van der Waals surface area contributed by atoms with Gasteiger partial charge in [-0.1, -0.05) is 13.8 Å². The van der Waals surface area contributed by atoms with Gasteiger partial charge in [0.15, 0.2) is 0 Å². The van der Waals surface area contributed by atoms with Crippen molar-refractivity contribution >= 4 is 11.3 Å². The fraction of sp³-hybridized carbons (Fsp3) is 0.188. The summed E-state index contributed by atoms with van der Waals surface area (Å²) in [5, 5.41) is 0. The molecule has 0 amide bonds. The minimum atomic E-state index is 0.717. The van der Waals surface area contributed by atoms with Crippen LogP contribution >= 0.6 is 0 Å². The highest BCUT2D eigenvalue weighted by Gasteiger charge is 2.04. The first-order valence-corrected chi connectivity index (χ1v) is 6.65. The minimum absolute atomic E-state index is 0.717. The molecule has 0 aliphatic carbocycles. The maximum absolute atomic E-state index is 5.74. The van der Waals surface area contributed by atoms with E-state index in [1.54, 1.807) is 7.11 Å². The second-order valence-electron chi connectivity index (χ2n) is 4.08. The van der Waals surface area contributed by atoms with Gasteiger partial charge in [0.25, 0.3) is 0 Å². The van der Waals surface area contributed by atoms with Crippen LogP contribution in [0.15, 0.2) is 48.8 Å². The van der Waals surface area contributed by atoms with Crippen molar-refractivity contribution in [3.05, 3.63) is 48.8 Å². The van der Waals surface area contributed by atoms with Crippen LogP contribution in [0.3, 0.4) is 0 Å². The van der Waals surface area contributed by atoms with Crippen molar-refractivity contribution in [1.29, 1.82) is 0 Å². The molecule has 0 bridgehead atoms. The Hall–Kier alpha value is -2.49. The Kier molecular flexibility index (Phi) is 4.25. The van der Waals surface area contributed by atoms with Gasteiger partial charge in [-0.05, 0) is 30.3 Å². The van der Waals surface area contributed by atoms with Gasteiger partial charge in [-0.15, -0.1) is 0 Å². The number of ether oxygens (including phenoxy) is 1. The summed E-state index contributed by atoms with van der Waals surface area (Å²) in [5.41, 5.74) is 9.28. The molecule has 3 rings (SSSR count). The van der Waals surface area contributed by atoms with E-state index in [0.29, 0.717) is 0 Å².